The Bertz CT molecular complexity index is 536. The largest absolute Gasteiger partial charge is 0.460 e. The van der Waals surface area contributed by atoms with Gasteiger partial charge in [-0.05, 0) is 12.8 Å². The van der Waals surface area contributed by atoms with Gasteiger partial charge in [0.05, 0.1) is 0 Å². The Morgan fingerprint density at radius 2 is 1.12 bits per heavy atom. The van der Waals surface area contributed by atoms with Crippen molar-refractivity contribution in [2.45, 2.75) is 67.8 Å². The Hall–Kier alpha value is -0.720. The molecule has 1 fully saturated rings. The number of sulfonamides is 1. The van der Waals surface area contributed by atoms with Gasteiger partial charge in [-0.1, -0.05) is 25.7 Å². The number of hydrogen-bond acceptors (Lipinski definition) is 2. The third-order valence-electron chi connectivity index (χ3n) is 3.63. The lowest BCUT2D eigenvalue weighted by Gasteiger charge is -2.33. The number of nitrogens with one attached hydrogen (secondary N) is 1. The van der Waals surface area contributed by atoms with E-state index < -0.39 is 39.3 Å². The first-order valence-corrected chi connectivity index (χ1v) is 8.28. The van der Waals surface area contributed by atoms with Crippen molar-refractivity contribution in [3.8, 4) is 0 Å². The zero-order chi connectivity index (χ0) is 19.0. The maximum atomic E-state index is 13.5. The van der Waals surface area contributed by atoms with Gasteiger partial charge in [0.15, 0.2) is 0 Å². The topological polar surface area (TPSA) is 46.2 Å². The van der Waals surface area contributed by atoms with E-state index in [0.717, 1.165) is 4.72 Å². The monoisotopic (exact) mass is 395 g/mol. The molecule has 1 aliphatic rings. The van der Waals surface area contributed by atoms with E-state index in [9.17, 15) is 47.9 Å². The fourth-order valence-electron chi connectivity index (χ4n) is 2.22. The molecule has 144 valence electrons. The van der Waals surface area contributed by atoms with Crippen LogP contribution in [0.25, 0.3) is 0 Å². The quantitative estimate of drug-likeness (QED) is 0.564. The smallest absolute Gasteiger partial charge is 0.207 e. The fourth-order valence-corrected chi connectivity index (χ4v) is 3.51. The summed E-state index contributed by atoms with van der Waals surface area (Å²) in [6.45, 7) is 0. The minimum atomic E-state index is -7.23. The van der Waals surface area contributed by atoms with E-state index in [2.05, 4.69) is 0 Å². The van der Waals surface area contributed by atoms with Crippen molar-refractivity contribution in [1.82, 2.24) is 4.72 Å². The van der Waals surface area contributed by atoms with Gasteiger partial charge < -0.3 is 0 Å². The van der Waals surface area contributed by atoms with Crippen molar-refractivity contribution in [3.63, 3.8) is 0 Å². The molecule has 13 heteroatoms. The van der Waals surface area contributed by atoms with E-state index in [0.29, 0.717) is 25.7 Å². The van der Waals surface area contributed by atoms with Crippen molar-refractivity contribution in [3.05, 3.63) is 0 Å². The van der Waals surface area contributed by atoms with E-state index in [1.165, 1.54) is 0 Å². The highest BCUT2D eigenvalue weighted by atomic mass is 32.2. The molecule has 0 spiro atoms. The van der Waals surface area contributed by atoms with Crippen LogP contribution in [0.4, 0.5) is 39.5 Å². The van der Waals surface area contributed by atoms with Crippen LogP contribution in [-0.4, -0.2) is 37.7 Å². The maximum absolute atomic E-state index is 13.5. The molecule has 0 bridgehead atoms. The van der Waals surface area contributed by atoms with Crippen LogP contribution in [-0.2, 0) is 10.0 Å². The lowest BCUT2D eigenvalue weighted by atomic mass is 10.1. The normalized spacial score (nSPS) is 20.0. The fraction of sp³-hybridized carbons (Fsp3) is 1.00. The van der Waals surface area contributed by atoms with Crippen LogP contribution < -0.4 is 4.72 Å². The van der Waals surface area contributed by atoms with Gasteiger partial charge in [0.1, 0.15) is 0 Å². The van der Waals surface area contributed by atoms with Gasteiger partial charge in [-0.3, -0.25) is 0 Å². The van der Waals surface area contributed by atoms with Gasteiger partial charge in [0, 0.05) is 6.04 Å². The van der Waals surface area contributed by atoms with Gasteiger partial charge >= 0.3 is 23.3 Å². The van der Waals surface area contributed by atoms with E-state index in [1.54, 1.807) is 0 Å². The lowest BCUT2D eigenvalue weighted by Crippen LogP contribution is -2.65. The summed E-state index contributed by atoms with van der Waals surface area (Å²) in [5.41, 5.74) is 0. The minimum absolute atomic E-state index is 0.0173. The van der Waals surface area contributed by atoms with Gasteiger partial charge in [-0.2, -0.15) is 39.5 Å². The van der Waals surface area contributed by atoms with Crippen LogP contribution in [0.1, 0.15) is 38.5 Å². The summed E-state index contributed by atoms with van der Waals surface area (Å²) in [5.74, 6) is -14.4. The van der Waals surface area contributed by atoms with Crippen LogP contribution in [0.3, 0.4) is 0 Å². The molecule has 0 aromatic rings. The summed E-state index contributed by atoms with van der Waals surface area (Å²) in [4.78, 5) is 0. The third kappa shape index (κ3) is 3.60. The molecule has 1 N–H and O–H groups in total. The summed E-state index contributed by atoms with van der Waals surface area (Å²) < 4.78 is 139. The van der Waals surface area contributed by atoms with Crippen molar-refractivity contribution in [1.29, 1.82) is 0 Å². The second kappa shape index (κ2) is 6.54. The summed E-state index contributed by atoms with van der Waals surface area (Å²) >= 11 is 0. The first-order valence-electron chi connectivity index (χ1n) is 6.80. The molecule has 0 heterocycles. The molecule has 0 aromatic carbocycles. The summed E-state index contributed by atoms with van der Waals surface area (Å²) in [5, 5.41) is -6.66. The van der Waals surface area contributed by atoms with Crippen molar-refractivity contribution < 1.29 is 47.9 Å². The Kier molecular flexibility index (Phi) is 5.81. The van der Waals surface area contributed by atoms with Crippen LogP contribution in [0.2, 0.25) is 0 Å². The molecule has 1 saturated carbocycles. The average Bonchev–Trinajstić information content (AvgIpc) is 2.64. The van der Waals surface area contributed by atoms with Crippen LogP contribution in [0.5, 0.6) is 0 Å². The minimum Gasteiger partial charge on any atom is -0.207 e. The molecule has 0 atom stereocenters. The Labute approximate surface area is 131 Å². The van der Waals surface area contributed by atoms with E-state index in [1.807, 2.05) is 0 Å². The SMILES string of the molecule is O=S(=O)(NC1CCCCCC1)C(F)(F)C(F)(F)C(F)(F)C(F)(F)F. The highest BCUT2D eigenvalue weighted by molar-refractivity contribution is 7.90. The maximum Gasteiger partial charge on any atom is 0.460 e. The van der Waals surface area contributed by atoms with Crippen molar-refractivity contribution in [2.75, 3.05) is 0 Å². The van der Waals surface area contributed by atoms with E-state index in [-0.39, 0.29) is 12.8 Å². The highest BCUT2D eigenvalue weighted by Gasteiger charge is 2.85. The molecule has 24 heavy (non-hydrogen) atoms. The molecule has 0 unspecified atom stereocenters. The van der Waals surface area contributed by atoms with Crippen molar-refractivity contribution >= 4 is 10.0 Å². The molecular weight excluding hydrogens is 381 g/mol. The number of halogens is 9. The van der Waals surface area contributed by atoms with Crippen LogP contribution >= 0.6 is 0 Å². The number of rotatable bonds is 5. The van der Waals surface area contributed by atoms with Gasteiger partial charge in [-0.15, -0.1) is 0 Å². The zero-order valence-electron chi connectivity index (χ0n) is 11.9. The third-order valence-corrected chi connectivity index (χ3v) is 5.21. The molecule has 1 aliphatic carbocycles. The summed E-state index contributed by atoms with van der Waals surface area (Å²) in [6.07, 6.45) is -5.11. The molecular formula is C11H14F9NO2S. The summed E-state index contributed by atoms with van der Waals surface area (Å²) in [6, 6.07) is -1.24. The Morgan fingerprint density at radius 1 is 0.708 bits per heavy atom. The predicted molar refractivity (Wildman–Crippen MR) is 64.4 cm³/mol. The molecule has 0 saturated heterocycles. The van der Waals surface area contributed by atoms with Gasteiger partial charge in [-0.25, -0.2) is 13.1 Å². The lowest BCUT2D eigenvalue weighted by molar-refractivity contribution is -0.382. The first kappa shape index (κ1) is 21.3. The standard InChI is InChI=1S/C11H14F9NO2S/c12-8(13,10(16,17)18)9(14,15)11(19,20)24(22,23)21-7-5-3-1-2-4-6-7/h7,21H,1-6H2. The highest BCUT2D eigenvalue weighted by Crippen LogP contribution is 2.54. The molecule has 0 radical (unpaired) electrons. The summed E-state index contributed by atoms with van der Waals surface area (Å²) in [7, 11) is -6.49. The molecule has 0 aliphatic heterocycles. The Balaban J connectivity index is 3.15. The van der Waals surface area contributed by atoms with Gasteiger partial charge in [0.2, 0.25) is 0 Å². The van der Waals surface area contributed by atoms with Gasteiger partial charge in [0.25, 0.3) is 10.0 Å². The molecule has 0 amide bonds. The first-order chi connectivity index (χ1) is 10.6. The molecule has 0 aromatic heterocycles. The van der Waals surface area contributed by atoms with Crippen LogP contribution in [0, 0.1) is 0 Å². The van der Waals surface area contributed by atoms with E-state index in [4.69, 9.17) is 0 Å². The Morgan fingerprint density at radius 3 is 1.50 bits per heavy atom. The number of alkyl halides is 9. The molecule has 1 rings (SSSR count). The van der Waals surface area contributed by atoms with E-state index >= 15 is 0 Å². The van der Waals surface area contributed by atoms with Crippen LogP contribution in [0.15, 0.2) is 0 Å². The zero-order valence-corrected chi connectivity index (χ0v) is 12.8. The molecule has 3 nitrogen and oxygen atoms in total. The average molecular weight is 395 g/mol. The van der Waals surface area contributed by atoms with Crippen molar-refractivity contribution in [2.24, 2.45) is 0 Å². The number of hydrogen-bond donors (Lipinski definition) is 1. The second-order valence-electron chi connectivity index (χ2n) is 5.47. The predicted octanol–water partition coefficient (Wildman–Crippen LogP) is 4.05. The second-order valence-corrected chi connectivity index (χ2v) is 7.23.